The number of nitrogens with one attached hydrogen (secondary N) is 1. The Labute approximate surface area is 174 Å². The van der Waals surface area contributed by atoms with Crippen LogP contribution in [0.25, 0.3) is 0 Å². The maximum absolute atomic E-state index is 12.6. The van der Waals surface area contributed by atoms with E-state index in [-0.39, 0.29) is 29.4 Å². The van der Waals surface area contributed by atoms with Crippen LogP contribution < -0.4 is 5.32 Å². The second-order valence-electron chi connectivity index (χ2n) is 6.26. The minimum Gasteiger partial charge on any atom is -0.454 e. The van der Waals surface area contributed by atoms with Crippen LogP contribution in [-0.4, -0.2) is 63.4 Å². The molecule has 0 atom stereocenters. The summed E-state index contributed by atoms with van der Waals surface area (Å²) in [6.07, 6.45) is 0.810. The van der Waals surface area contributed by atoms with E-state index >= 15 is 0 Å². The van der Waals surface area contributed by atoms with E-state index in [9.17, 15) is 18.0 Å². The van der Waals surface area contributed by atoms with Gasteiger partial charge >= 0.3 is 5.97 Å². The number of hydrogen-bond acceptors (Lipinski definition) is 8. The van der Waals surface area contributed by atoms with Gasteiger partial charge in [-0.25, -0.2) is 17.5 Å². The van der Waals surface area contributed by atoms with Crippen molar-refractivity contribution < 1.29 is 27.9 Å². The molecule has 2 N–H and O–H groups in total. The summed E-state index contributed by atoms with van der Waals surface area (Å²) >= 11 is 1.35. The smallest absolute Gasteiger partial charge is 0.340 e. The Kier molecular flexibility index (Phi) is 7.91. The number of sulfonamides is 1. The molecule has 29 heavy (non-hydrogen) atoms. The van der Waals surface area contributed by atoms with Crippen molar-refractivity contribution in [3.63, 3.8) is 0 Å². The molecular formula is C19H24N2O6S2. The van der Waals surface area contributed by atoms with Crippen LogP contribution in [0.4, 0.5) is 5.69 Å². The van der Waals surface area contributed by atoms with E-state index in [1.165, 1.54) is 43.6 Å². The largest absolute Gasteiger partial charge is 0.454 e. The van der Waals surface area contributed by atoms with Crippen molar-refractivity contribution in [3.05, 3.63) is 45.6 Å². The summed E-state index contributed by atoms with van der Waals surface area (Å²) in [4.78, 5) is 26.3. The van der Waals surface area contributed by atoms with Crippen molar-refractivity contribution >= 4 is 38.8 Å². The predicted molar refractivity (Wildman–Crippen MR) is 111 cm³/mol. The molecule has 8 nitrogen and oxygen atoms in total. The van der Waals surface area contributed by atoms with Crippen molar-refractivity contribution in [3.8, 4) is 0 Å². The van der Waals surface area contributed by atoms with Gasteiger partial charge in [0.05, 0.1) is 21.9 Å². The van der Waals surface area contributed by atoms with Gasteiger partial charge in [0.25, 0.3) is 0 Å². The number of aryl methyl sites for hydroxylation is 1. The molecule has 0 aliphatic carbocycles. The highest BCUT2D eigenvalue weighted by Gasteiger charge is 2.22. The van der Waals surface area contributed by atoms with Gasteiger partial charge in [0.1, 0.15) is 0 Å². The average Bonchev–Trinajstić information content (AvgIpc) is 3.19. The van der Waals surface area contributed by atoms with E-state index in [1.807, 2.05) is 13.0 Å². The summed E-state index contributed by atoms with van der Waals surface area (Å²) in [5.74, 6) is -1.16. The maximum Gasteiger partial charge on any atom is 0.340 e. The number of thiophene rings is 1. The normalized spacial score (nSPS) is 11.5. The highest BCUT2D eigenvalue weighted by molar-refractivity contribution is 7.89. The first-order chi connectivity index (χ1) is 13.7. The van der Waals surface area contributed by atoms with E-state index in [0.717, 1.165) is 15.6 Å². The predicted octanol–water partition coefficient (Wildman–Crippen LogP) is 2.00. The number of esters is 1. The minimum absolute atomic E-state index is 0.0328. The zero-order valence-corrected chi connectivity index (χ0v) is 18.1. The van der Waals surface area contributed by atoms with Gasteiger partial charge in [0.15, 0.2) is 6.61 Å². The molecule has 0 saturated carbocycles. The van der Waals surface area contributed by atoms with Gasteiger partial charge in [0, 0.05) is 31.2 Å². The van der Waals surface area contributed by atoms with Gasteiger partial charge in [-0.05, 0) is 36.8 Å². The summed E-state index contributed by atoms with van der Waals surface area (Å²) in [7, 11) is -0.993. The number of nitrogens with zero attached hydrogens (tertiary/aromatic N) is 1. The average molecular weight is 441 g/mol. The molecule has 0 aliphatic heterocycles. The van der Waals surface area contributed by atoms with Crippen LogP contribution in [-0.2, 0) is 21.2 Å². The first kappa shape index (κ1) is 23.0. The van der Waals surface area contributed by atoms with E-state index in [4.69, 9.17) is 9.84 Å². The number of carbonyl (C=O) groups excluding carboxylic acids is 2. The van der Waals surface area contributed by atoms with Crippen LogP contribution in [0.5, 0.6) is 0 Å². The van der Waals surface area contributed by atoms with Gasteiger partial charge in [-0.1, -0.05) is 6.92 Å². The lowest BCUT2D eigenvalue weighted by Crippen LogP contribution is -2.23. The Morgan fingerprint density at radius 3 is 2.52 bits per heavy atom. The van der Waals surface area contributed by atoms with Crippen LogP contribution in [0.1, 0.15) is 31.8 Å². The molecule has 1 aromatic heterocycles. The Hall–Kier alpha value is -2.27. The molecule has 1 heterocycles. The topological polar surface area (TPSA) is 113 Å². The molecule has 0 unspecified atom stereocenters. The molecule has 1 aromatic carbocycles. The summed E-state index contributed by atoms with van der Waals surface area (Å²) in [5.41, 5.74) is 0.271. The number of rotatable bonds is 10. The van der Waals surface area contributed by atoms with Crippen LogP contribution >= 0.6 is 11.3 Å². The van der Waals surface area contributed by atoms with Crippen molar-refractivity contribution in [2.75, 3.05) is 39.2 Å². The highest BCUT2D eigenvalue weighted by Crippen LogP contribution is 2.23. The number of hydrogen-bond donors (Lipinski definition) is 2. The fourth-order valence-corrected chi connectivity index (χ4v) is 4.21. The lowest BCUT2D eigenvalue weighted by molar-refractivity contribution is 0.0476. The van der Waals surface area contributed by atoms with Crippen LogP contribution in [0, 0.1) is 0 Å². The molecule has 10 heteroatoms. The molecule has 0 spiro atoms. The zero-order valence-electron chi connectivity index (χ0n) is 16.5. The molecule has 2 rings (SSSR count). The number of Topliss-reactive ketones (excluding diaryl/α,β-unsaturated/α-hetero) is 1. The second kappa shape index (κ2) is 9.97. The van der Waals surface area contributed by atoms with E-state index in [1.54, 1.807) is 6.07 Å². The van der Waals surface area contributed by atoms with E-state index in [2.05, 4.69) is 5.32 Å². The Morgan fingerprint density at radius 2 is 1.93 bits per heavy atom. The van der Waals surface area contributed by atoms with Gasteiger partial charge in [-0.15, -0.1) is 11.3 Å². The highest BCUT2D eigenvalue weighted by atomic mass is 32.2. The summed E-state index contributed by atoms with van der Waals surface area (Å²) < 4.78 is 30.9. The molecule has 2 aromatic rings. The summed E-state index contributed by atoms with van der Waals surface area (Å²) in [5, 5.41) is 11.9. The third kappa shape index (κ3) is 5.63. The maximum atomic E-state index is 12.6. The standard InChI is InChI=1S/C19H24N2O6S2/c1-4-13-5-8-18(28-13)17(23)12-27-19(24)15-11-14(29(25,26)21(2)3)6-7-16(15)20-9-10-22/h5-8,11,20,22H,4,9-10,12H2,1-3H3. The number of benzene rings is 1. The number of ether oxygens (including phenoxy) is 1. The number of anilines is 1. The van der Waals surface area contributed by atoms with Crippen LogP contribution in [0.15, 0.2) is 35.2 Å². The molecule has 0 amide bonds. The molecule has 0 fully saturated rings. The monoisotopic (exact) mass is 440 g/mol. The van der Waals surface area contributed by atoms with Crippen molar-refractivity contribution in [1.82, 2.24) is 4.31 Å². The van der Waals surface area contributed by atoms with Crippen LogP contribution in [0.2, 0.25) is 0 Å². The minimum atomic E-state index is -3.76. The van der Waals surface area contributed by atoms with E-state index in [0.29, 0.717) is 10.6 Å². The SMILES string of the molecule is CCc1ccc(C(=O)COC(=O)c2cc(S(=O)(=O)N(C)C)ccc2NCCO)s1. The molecule has 0 aliphatic rings. The Morgan fingerprint density at radius 1 is 1.21 bits per heavy atom. The Balaban J connectivity index is 2.24. The third-order valence-corrected chi connectivity index (χ3v) is 7.12. The third-order valence-electron chi connectivity index (χ3n) is 4.04. The van der Waals surface area contributed by atoms with E-state index < -0.39 is 22.6 Å². The molecule has 158 valence electrons. The number of aliphatic hydroxyl groups is 1. The first-order valence-corrected chi connectivity index (χ1v) is 11.2. The van der Waals surface area contributed by atoms with Gasteiger partial charge in [0.2, 0.25) is 15.8 Å². The molecule has 0 radical (unpaired) electrons. The summed E-state index contributed by atoms with van der Waals surface area (Å²) in [6.45, 7) is 1.51. The summed E-state index contributed by atoms with van der Waals surface area (Å²) in [6, 6.07) is 7.53. The number of aliphatic hydroxyl groups excluding tert-OH is 1. The van der Waals surface area contributed by atoms with Gasteiger partial charge in [-0.2, -0.15) is 0 Å². The number of ketones is 1. The van der Waals surface area contributed by atoms with Crippen molar-refractivity contribution in [1.29, 1.82) is 0 Å². The zero-order chi connectivity index (χ0) is 21.6. The quantitative estimate of drug-likeness (QED) is 0.429. The van der Waals surface area contributed by atoms with Crippen molar-refractivity contribution in [2.45, 2.75) is 18.2 Å². The lowest BCUT2D eigenvalue weighted by Gasteiger charge is -2.15. The van der Waals surface area contributed by atoms with Gasteiger partial charge < -0.3 is 15.2 Å². The van der Waals surface area contributed by atoms with Crippen molar-refractivity contribution in [2.24, 2.45) is 0 Å². The fourth-order valence-electron chi connectivity index (χ4n) is 2.41. The number of carbonyl (C=O) groups is 2. The van der Waals surface area contributed by atoms with Crippen LogP contribution in [0.3, 0.4) is 0 Å². The molecule has 0 saturated heterocycles. The van der Waals surface area contributed by atoms with Gasteiger partial charge in [-0.3, -0.25) is 4.79 Å². The first-order valence-electron chi connectivity index (χ1n) is 8.91. The fraction of sp³-hybridized carbons (Fsp3) is 0.368. The molecular weight excluding hydrogens is 416 g/mol. The Bertz CT molecular complexity index is 982. The lowest BCUT2D eigenvalue weighted by atomic mass is 10.1. The molecule has 0 bridgehead atoms. The second-order valence-corrected chi connectivity index (χ2v) is 9.58.